The lowest BCUT2D eigenvalue weighted by Crippen LogP contribution is -2.41. The Hall–Kier alpha value is -0.170. The zero-order valence-corrected chi connectivity index (χ0v) is 12.0. The Morgan fingerprint density at radius 1 is 1.11 bits per heavy atom. The van der Waals surface area contributed by atoms with Crippen molar-refractivity contribution in [3.8, 4) is 0 Å². The minimum absolute atomic E-state index is 0.231. The summed E-state index contributed by atoms with van der Waals surface area (Å²) in [4.78, 5) is 2.49. The molecule has 2 aliphatic rings. The molecule has 2 aliphatic heterocycles. The molecule has 0 N–H and O–H groups in total. The van der Waals surface area contributed by atoms with Crippen molar-refractivity contribution in [3.05, 3.63) is 0 Å². The molecule has 2 fully saturated rings. The van der Waals surface area contributed by atoms with Gasteiger partial charge in [-0.2, -0.15) is 8.42 Å². The fourth-order valence-electron chi connectivity index (χ4n) is 2.82. The lowest BCUT2D eigenvalue weighted by atomic mass is 9.85. The number of rotatable bonds is 3. The second-order valence-electron chi connectivity index (χ2n) is 5.77. The van der Waals surface area contributed by atoms with Crippen LogP contribution in [0, 0.1) is 17.8 Å². The van der Waals surface area contributed by atoms with E-state index in [4.69, 9.17) is 8.37 Å². The zero-order chi connectivity index (χ0) is 13.2. The predicted molar refractivity (Wildman–Crippen MR) is 68.3 cm³/mol. The molecule has 106 valence electrons. The third-order valence-corrected chi connectivity index (χ3v) is 4.62. The molecule has 0 amide bonds. The van der Waals surface area contributed by atoms with Crippen molar-refractivity contribution in [1.82, 2.24) is 4.90 Å². The normalized spacial score (nSPS) is 27.7. The molecule has 0 unspecified atom stereocenters. The van der Waals surface area contributed by atoms with Crippen molar-refractivity contribution in [3.63, 3.8) is 0 Å². The van der Waals surface area contributed by atoms with Crippen LogP contribution in [0.5, 0.6) is 0 Å². The van der Waals surface area contributed by atoms with Gasteiger partial charge in [-0.25, -0.2) is 8.37 Å². The van der Waals surface area contributed by atoms with Crippen molar-refractivity contribution in [1.29, 1.82) is 0 Å². The largest absolute Gasteiger partial charge is 0.399 e. The fraction of sp³-hybridized carbons (Fsp3) is 1.00. The van der Waals surface area contributed by atoms with Gasteiger partial charge >= 0.3 is 10.4 Å². The van der Waals surface area contributed by atoms with Crippen LogP contribution in [0.1, 0.15) is 26.7 Å². The first-order valence-electron chi connectivity index (χ1n) is 6.72. The summed E-state index contributed by atoms with van der Waals surface area (Å²) in [7, 11) is -3.69. The highest BCUT2D eigenvalue weighted by Gasteiger charge is 2.33. The average Bonchev–Trinajstić information content (AvgIpc) is 2.30. The SMILES string of the molecule is CC(C)CN1CCC(C2COS(=O)(=O)OC2)CC1. The maximum absolute atomic E-state index is 11.0. The van der Waals surface area contributed by atoms with Gasteiger partial charge in [0.25, 0.3) is 0 Å². The molecule has 0 aliphatic carbocycles. The number of hydrogen-bond acceptors (Lipinski definition) is 5. The zero-order valence-electron chi connectivity index (χ0n) is 11.2. The van der Waals surface area contributed by atoms with Gasteiger partial charge < -0.3 is 4.90 Å². The van der Waals surface area contributed by atoms with E-state index < -0.39 is 10.4 Å². The van der Waals surface area contributed by atoms with E-state index >= 15 is 0 Å². The molecule has 0 aromatic carbocycles. The van der Waals surface area contributed by atoms with Gasteiger partial charge in [0, 0.05) is 12.5 Å². The molecule has 5 nitrogen and oxygen atoms in total. The molecular formula is C12H23NO4S. The Morgan fingerprint density at radius 2 is 1.67 bits per heavy atom. The van der Waals surface area contributed by atoms with Crippen molar-refractivity contribution in [2.75, 3.05) is 32.8 Å². The van der Waals surface area contributed by atoms with Gasteiger partial charge in [0.15, 0.2) is 0 Å². The van der Waals surface area contributed by atoms with E-state index in [2.05, 4.69) is 18.7 Å². The van der Waals surface area contributed by atoms with Gasteiger partial charge in [0.1, 0.15) is 0 Å². The van der Waals surface area contributed by atoms with Crippen molar-refractivity contribution in [2.24, 2.45) is 17.8 Å². The maximum Gasteiger partial charge on any atom is 0.399 e. The summed E-state index contributed by atoms with van der Waals surface area (Å²) in [6.07, 6.45) is 2.23. The second-order valence-corrected chi connectivity index (χ2v) is 7.06. The van der Waals surface area contributed by atoms with Crippen molar-refractivity contribution >= 4 is 10.4 Å². The van der Waals surface area contributed by atoms with Crippen LogP contribution in [-0.2, 0) is 18.8 Å². The van der Waals surface area contributed by atoms with Gasteiger partial charge in [-0.05, 0) is 37.8 Å². The van der Waals surface area contributed by atoms with Crippen LogP contribution in [0.3, 0.4) is 0 Å². The lowest BCUT2D eigenvalue weighted by Gasteiger charge is -2.37. The molecule has 2 rings (SSSR count). The Bertz CT molecular complexity index is 346. The molecule has 0 aromatic heterocycles. The van der Waals surface area contributed by atoms with E-state index in [1.54, 1.807) is 0 Å². The van der Waals surface area contributed by atoms with Gasteiger partial charge in [-0.3, -0.25) is 0 Å². The van der Waals surface area contributed by atoms with E-state index in [-0.39, 0.29) is 19.1 Å². The molecular weight excluding hydrogens is 254 g/mol. The number of piperidine rings is 1. The molecule has 2 saturated heterocycles. The summed E-state index contributed by atoms with van der Waals surface area (Å²) >= 11 is 0. The summed E-state index contributed by atoms with van der Waals surface area (Å²) in [5.74, 6) is 1.46. The van der Waals surface area contributed by atoms with E-state index in [0.29, 0.717) is 11.8 Å². The average molecular weight is 277 g/mol. The van der Waals surface area contributed by atoms with E-state index in [1.807, 2.05) is 0 Å². The molecule has 0 atom stereocenters. The number of likely N-dealkylation sites (tertiary alicyclic amines) is 1. The first kappa shape index (κ1) is 14.2. The minimum Gasteiger partial charge on any atom is -0.303 e. The monoisotopic (exact) mass is 277 g/mol. The molecule has 0 bridgehead atoms. The van der Waals surface area contributed by atoms with E-state index in [9.17, 15) is 8.42 Å². The van der Waals surface area contributed by atoms with Crippen molar-refractivity contribution < 1.29 is 16.8 Å². The third-order valence-electron chi connectivity index (χ3n) is 3.78. The summed E-state index contributed by atoms with van der Waals surface area (Å²) < 4.78 is 31.5. The van der Waals surface area contributed by atoms with Crippen LogP contribution in [0.4, 0.5) is 0 Å². The standard InChI is InChI=1S/C12H23NO4S/c1-10(2)7-13-5-3-11(4-6-13)12-8-16-18(14,15)17-9-12/h10-12H,3-9H2,1-2H3. The molecule has 18 heavy (non-hydrogen) atoms. The molecule has 2 heterocycles. The Morgan fingerprint density at radius 3 is 2.17 bits per heavy atom. The number of hydrogen-bond donors (Lipinski definition) is 0. The van der Waals surface area contributed by atoms with E-state index in [0.717, 1.165) is 32.5 Å². The highest BCUT2D eigenvalue weighted by molar-refractivity contribution is 7.81. The Kier molecular flexibility index (Phi) is 4.64. The highest BCUT2D eigenvalue weighted by Crippen LogP contribution is 2.29. The van der Waals surface area contributed by atoms with Crippen molar-refractivity contribution in [2.45, 2.75) is 26.7 Å². The summed E-state index contributed by atoms with van der Waals surface area (Å²) in [6, 6.07) is 0. The summed E-state index contributed by atoms with van der Waals surface area (Å²) in [5.41, 5.74) is 0. The maximum atomic E-state index is 11.0. The van der Waals surface area contributed by atoms with Gasteiger partial charge in [-0.1, -0.05) is 13.8 Å². The van der Waals surface area contributed by atoms with Gasteiger partial charge in [0.05, 0.1) is 13.2 Å². The topological polar surface area (TPSA) is 55.8 Å². The molecule has 0 radical (unpaired) electrons. The highest BCUT2D eigenvalue weighted by atomic mass is 32.3. The first-order chi connectivity index (χ1) is 8.46. The van der Waals surface area contributed by atoms with E-state index in [1.165, 1.54) is 0 Å². The Balaban J connectivity index is 1.77. The number of nitrogens with zero attached hydrogens (tertiary/aromatic N) is 1. The summed E-state index contributed by atoms with van der Waals surface area (Å²) in [5, 5.41) is 0. The van der Waals surface area contributed by atoms with Gasteiger partial charge in [0.2, 0.25) is 0 Å². The predicted octanol–water partition coefficient (Wildman–Crippen LogP) is 1.26. The van der Waals surface area contributed by atoms with Crippen LogP contribution in [0.15, 0.2) is 0 Å². The molecule has 6 heteroatoms. The molecule has 0 aromatic rings. The lowest BCUT2D eigenvalue weighted by molar-refractivity contribution is 0.0415. The smallest absolute Gasteiger partial charge is 0.303 e. The molecule has 0 spiro atoms. The van der Waals surface area contributed by atoms with Crippen LogP contribution in [0.25, 0.3) is 0 Å². The minimum atomic E-state index is -3.69. The van der Waals surface area contributed by atoms with Crippen LogP contribution >= 0.6 is 0 Å². The fourth-order valence-corrected chi connectivity index (χ4v) is 3.57. The quantitative estimate of drug-likeness (QED) is 0.777. The van der Waals surface area contributed by atoms with Crippen LogP contribution < -0.4 is 0 Å². The van der Waals surface area contributed by atoms with Gasteiger partial charge in [-0.15, -0.1) is 0 Å². The first-order valence-corrected chi connectivity index (χ1v) is 8.06. The van der Waals surface area contributed by atoms with Crippen LogP contribution in [0.2, 0.25) is 0 Å². The third kappa shape index (κ3) is 3.91. The second kappa shape index (κ2) is 5.86. The molecule has 0 saturated carbocycles. The summed E-state index contributed by atoms with van der Waals surface area (Å²) in [6.45, 7) is 8.41. The Labute approximate surface area is 110 Å². The van der Waals surface area contributed by atoms with Crippen LogP contribution in [-0.4, -0.2) is 46.2 Å².